The van der Waals surface area contributed by atoms with Crippen molar-refractivity contribution in [2.45, 2.75) is 24.8 Å². The van der Waals surface area contributed by atoms with Crippen LogP contribution in [0.2, 0.25) is 0 Å². The summed E-state index contributed by atoms with van der Waals surface area (Å²) in [5.74, 6) is -3.00. The third-order valence-electron chi connectivity index (χ3n) is 6.69. The molecule has 0 bridgehead atoms. The van der Waals surface area contributed by atoms with Gasteiger partial charge in [0.05, 0.1) is 38.4 Å². The van der Waals surface area contributed by atoms with Crippen LogP contribution in [0, 0.1) is 11.2 Å². The fourth-order valence-corrected chi connectivity index (χ4v) is 5.49. The average Bonchev–Trinajstić information content (AvgIpc) is 3.72. The molecule has 2 saturated heterocycles. The number of amides is 3. The maximum atomic E-state index is 14.7. The van der Waals surface area contributed by atoms with Crippen molar-refractivity contribution in [3.8, 4) is 11.5 Å². The standard InChI is InChI=1S/C28H28FN5O6S/c29-22-11-19(40-18-4-2-1-3-5-18)6-7-21(22)26(36)33-14-24(35)34-16-28(38-8-9-39-28)12-23(34)27(37)32-13-20-10-17(15-41-20)25(30)31/h1-7,10-11,15,23H,8-9,12-14,16H2,(H3,30,31)(H,32,37)(H,33,36). The van der Waals surface area contributed by atoms with E-state index in [0.717, 1.165) is 10.9 Å². The first kappa shape index (κ1) is 28.2. The number of para-hydroxylation sites is 1. The van der Waals surface area contributed by atoms with E-state index < -0.39 is 41.9 Å². The van der Waals surface area contributed by atoms with Crippen LogP contribution in [-0.2, 0) is 25.6 Å². The molecule has 3 aromatic rings. The number of nitrogens with zero attached hydrogens (tertiary/aromatic N) is 1. The van der Waals surface area contributed by atoms with Crippen molar-refractivity contribution in [1.82, 2.24) is 15.5 Å². The lowest BCUT2D eigenvalue weighted by atomic mass is 10.1. The molecule has 1 spiro atoms. The van der Waals surface area contributed by atoms with Crippen molar-refractivity contribution >= 4 is 34.9 Å². The summed E-state index contributed by atoms with van der Waals surface area (Å²) in [6.07, 6.45) is 0.124. The Kier molecular flexibility index (Phi) is 8.28. The van der Waals surface area contributed by atoms with Gasteiger partial charge < -0.3 is 35.5 Å². The van der Waals surface area contributed by atoms with Gasteiger partial charge in [0.1, 0.15) is 29.2 Å². The molecule has 41 heavy (non-hydrogen) atoms. The maximum absolute atomic E-state index is 14.7. The predicted octanol–water partition coefficient (Wildman–Crippen LogP) is 2.35. The van der Waals surface area contributed by atoms with E-state index in [9.17, 15) is 18.8 Å². The van der Waals surface area contributed by atoms with Gasteiger partial charge >= 0.3 is 0 Å². The zero-order chi connectivity index (χ0) is 29.0. The second kappa shape index (κ2) is 12.0. The Bertz CT molecular complexity index is 1460. The number of amidine groups is 1. The highest BCUT2D eigenvalue weighted by atomic mass is 32.1. The third-order valence-corrected chi connectivity index (χ3v) is 7.63. The Balaban J connectivity index is 1.21. The van der Waals surface area contributed by atoms with Crippen molar-refractivity contribution in [1.29, 1.82) is 5.41 Å². The topological polar surface area (TPSA) is 156 Å². The van der Waals surface area contributed by atoms with E-state index in [1.165, 1.54) is 28.4 Å². The zero-order valence-corrected chi connectivity index (χ0v) is 22.7. The van der Waals surface area contributed by atoms with Gasteiger partial charge in [0.2, 0.25) is 11.8 Å². The largest absolute Gasteiger partial charge is 0.457 e. The molecule has 3 amide bonds. The van der Waals surface area contributed by atoms with E-state index in [1.807, 2.05) is 6.07 Å². The number of nitrogens with two attached hydrogens (primary N) is 1. The fraction of sp³-hybridized carbons (Fsp3) is 0.286. The van der Waals surface area contributed by atoms with Crippen LogP contribution in [0.5, 0.6) is 11.5 Å². The molecule has 2 aromatic carbocycles. The summed E-state index contributed by atoms with van der Waals surface area (Å²) >= 11 is 1.35. The number of carbonyl (C=O) groups is 3. The molecule has 5 rings (SSSR count). The number of thiophene rings is 1. The lowest BCUT2D eigenvalue weighted by Gasteiger charge is -2.24. The normalized spacial score (nSPS) is 17.4. The molecule has 0 radical (unpaired) electrons. The number of carbonyl (C=O) groups excluding carboxylic acids is 3. The Morgan fingerprint density at radius 1 is 1.10 bits per heavy atom. The number of benzene rings is 2. The minimum Gasteiger partial charge on any atom is -0.457 e. The number of rotatable bonds is 9. The van der Waals surface area contributed by atoms with Crippen molar-refractivity contribution in [2.75, 3.05) is 26.3 Å². The van der Waals surface area contributed by atoms with Crippen LogP contribution in [-0.4, -0.2) is 66.6 Å². The van der Waals surface area contributed by atoms with E-state index in [1.54, 1.807) is 35.7 Å². The maximum Gasteiger partial charge on any atom is 0.254 e. The molecule has 2 fully saturated rings. The molecule has 2 aliphatic heterocycles. The molecule has 0 aliphatic carbocycles. The third kappa shape index (κ3) is 6.53. The highest BCUT2D eigenvalue weighted by molar-refractivity contribution is 7.10. The molecule has 1 aromatic heterocycles. The molecular weight excluding hydrogens is 553 g/mol. The van der Waals surface area contributed by atoms with Gasteiger partial charge in [-0.15, -0.1) is 11.3 Å². The Hall–Kier alpha value is -4.33. The van der Waals surface area contributed by atoms with Gasteiger partial charge in [-0.2, -0.15) is 0 Å². The molecule has 3 heterocycles. The minimum atomic E-state index is -1.10. The summed E-state index contributed by atoms with van der Waals surface area (Å²) in [5.41, 5.74) is 5.81. The smallest absolute Gasteiger partial charge is 0.254 e. The number of hydrogen-bond donors (Lipinski definition) is 4. The quantitative estimate of drug-likeness (QED) is 0.223. The lowest BCUT2D eigenvalue weighted by molar-refractivity contribution is -0.152. The van der Waals surface area contributed by atoms with Gasteiger partial charge in [-0.1, -0.05) is 18.2 Å². The number of likely N-dealkylation sites (tertiary alicyclic amines) is 1. The van der Waals surface area contributed by atoms with E-state index in [-0.39, 0.29) is 36.7 Å². The molecule has 11 nitrogen and oxygen atoms in total. The van der Waals surface area contributed by atoms with Crippen molar-refractivity contribution in [3.05, 3.63) is 81.8 Å². The fourth-order valence-electron chi connectivity index (χ4n) is 4.67. The summed E-state index contributed by atoms with van der Waals surface area (Å²) < 4.78 is 31.8. The van der Waals surface area contributed by atoms with Crippen LogP contribution >= 0.6 is 11.3 Å². The molecule has 5 N–H and O–H groups in total. The Morgan fingerprint density at radius 2 is 1.85 bits per heavy atom. The summed E-state index contributed by atoms with van der Waals surface area (Å²) in [4.78, 5) is 41.2. The van der Waals surface area contributed by atoms with Gasteiger partial charge in [0, 0.05) is 28.3 Å². The van der Waals surface area contributed by atoms with Gasteiger partial charge in [-0.05, 0) is 30.3 Å². The van der Waals surface area contributed by atoms with E-state index in [4.69, 9.17) is 25.4 Å². The van der Waals surface area contributed by atoms with Crippen LogP contribution in [0.25, 0.3) is 0 Å². The first-order valence-corrected chi connectivity index (χ1v) is 13.7. The van der Waals surface area contributed by atoms with Gasteiger partial charge in [-0.3, -0.25) is 19.8 Å². The van der Waals surface area contributed by atoms with E-state index in [2.05, 4.69) is 10.6 Å². The first-order chi connectivity index (χ1) is 19.7. The second-order valence-electron chi connectivity index (χ2n) is 9.52. The number of hydrogen-bond acceptors (Lipinski definition) is 8. The molecule has 1 atom stereocenters. The number of nitrogens with one attached hydrogen (secondary N) is 3. The number of ether oxygens (including phenoxy) is 3. The monoisotopic (exact) mass is 581 g/mol. The van der Waals surface area contributed by atoms with Crippen LogP contribution in [0.4, 0.5) is 4.39 Å². The Morgan fingerprint density at radius 3 is 2.54 bits per heavy atom. The molecule has 2 aliphatic rings. The SMILES string of the molecule is N=C(N)c1csc(CNC(=O)C2CC3(CN2C(=O)CNC(=O)c2ccc(Oc4ccccc4)cc2F)OCCO3)c1. The van der Waals surface area contributed by atoms with E-state index in [0.29, 0.717) is 24.5 Å². The average molecular weight is 582 g/mol. The summed E-state index contributed by atoms with van der Waals surface area (Å²) in [6, 6.07) is 13.4. The summed E-state index contributed by atoms with van der Waals surface area (Å²) in [5, 5.41) is 14.5. The highest BCUT2D eigenvalue weighted by Gasteiger charge is 2.52. The van der Waals surface area contributed by atoms with Crippen LogP contribution < -0.4 is 21.1 Å². The first-order valence-electron chi connectivity index (χ1n) is 12.8. The van der Waals surface area contributed by atoms with Crippen molar-refractivity contribution in [3.63, 3.8) is 0 Å². The van der Waals surface area contributed by atoms with Gasteiger partial charge in [-0.25, -0.2) is 4.39 Å². The van der Waals surface area contributed by atoms with E-state index >= 15 is 0 Å². The second-order valence-corrected chi connectivity index (χ2v) is 10.5. The number of halogens is 1. The molecule has 13 heteroatoms. The predicted molar refractivity (Wildman–Crippen MR) is 147 cm³/mol. The van der Waals surface area contributed by atoms with Crippen LogP contribution in [0.15, 0.2) is 60.0 Å². The highest BCUT2D eigenvalue weighted by Crippen LogP contribution is 2.35. The molecule has 0 saturated carbocycles. The molecule has 1 unspecified atom stereocenters. The molecular formula is C28H28FN5O6S. The van der Waals surface area contributed by atoms with Crippen molar-refractivity contribution in [2.24, 2.45) is 5.73 Å². The summed E-state index contributed by atoms with van der Waals surface area (Å²) in [7, 11) is 0. The van der Waals surface area contributed by atoms with Gasteiger partial charge in [0.15, 0.2) is 5.79 Å². The number of nitrogen functional groups attached to an aromatic ring is 1. The lowest BCUT2D eigenvalue weighted by Crippen LogP contribution is -2.49. The zero-order valence-electron chi connectivity index (χ0n) is 21.9. The van der Waals surface area contributed by atoms with Crippen LogP contribution in [0.1, 0.15) is 27.2 Å². The van der Waals surface area contributed by atoms with Crippen LogP contribution in [0.3, 0.4) is 0 Å². The van der Waals surface area contributed by atoms with Crippen molar-refractivity contribution < 1.29 is 33.0 Å². The minimum absolute atomic E-state index is 0.00710. The molecule has 214 valence electrons. The Labute approximate surface area is 238 Å². The van der Waals surface area contributed by atoms with Gasteiger partial charge in [0.25, 0.3) is 5.91 Å². The summed E-state index contributed by atoms with van der Waals surface area (Å²) in [6.45, 7) is 0.392.